The zero-order valence-electron chi connectivity index (χ0n) is 14.4. The monoisotopic (exact) mass is 359 g/mol. The number of hydrogen-bond acceptors (Lipinski definition) is 4. The average molecular weight is 360 g/mol. The summed E-state index contributed by atoms with van der Waals surface area (Å²) in [7, 11) is 0. The summed E-state index contributed by atoms with van der Waals surface area (Å²) < 4.78 is 0. The van der Waals surface area contributed by atoms with Crippen molar-refractivity contribution < 1.29 is 4.79 Å². The number of nitrogens with zero attached hydrogens (tertiary/aromatic N) is 4. The van der Waals surface area contributed by atoms with Gasteiger partial charge in [-0.2, -0.15) is 0 Å². The molecule has 25 heavy (non-hydrogen) atoms. The lowest BCUT2D eigenvalue weighted by Crippen LogP contribution is -2.50. The van der Waals surface area contributed by atoms with Gasteiger partial charge in [0.2, 0.25) is 5.28 Å². The van der Waals surface area contributed by atoms with Gasteiger partial charge in [0.05, 0.1) is 0 Å². The van der Waals surface area contributed by atoms with Gasteiger partial charge in [-0.05, 0) is 41.3 Å². The highest BCUT2D eigenvalue weighted by molar-refractivity contribution is 6.28. The van der Waals surface area contributed by atoms with Crippen molar-refractivity contribution in [2.24, 2.45) is 0 Å². The topological polar surface area (TPSA) is 61.4 Å². The summed E-state index contributed by atoms with van der Waals surface area (Å²) in [6.07, 6.45) is 1.64. The number of anilines is 2. The summed E-state index contributed by atoms with van der Waals surface area (Å²) >= 11 is 5.84. The number of carbonyl (C=O) groups is 1. The van der Waals surface area contributed by atoms with E-state index in [0.29, 0.717) is 32.1 Å². The molecule has 0 unspecified atom stereocenters. The van der Waals surface area contributed by atoms with Crippen molar-refractivity contribution in [3.8, 4) is 0 Å². The molecule has 132 valence electrons. The van der Waals surface area contributed by atoms with E-state index in [9.17, 15) is 4.79 Å². The van der Waals surface area contributed by atoms with Crippen LogP contribution in [0.15, 0.2) is 36.5 Å². The number of amides is 2. The van der Waals surface area contributed by atoms with E-state index in [1.54, 1.807) is 6.20 Å². The highest BCUT2D eigenvalue weighted by Crippen LogP contribution is 2.19. The first kappa shape index (κ1) is 17.5. The van der Waals surface area contributed by atoms with Crippen LogP contribution in [0.4, 0.5) is 16.3 Å². The van der Waals surface area contributed by atoms with Crippen molar-refractivity contribution in [3.63, 3.8) is 0 Å². The number of carbonyl (C=O) groups excluding carboxylic acids is 1. The normalized spacial score (nSPS) is 14.7. The van der Waals surface area contributed by atoms with Crippen LogP contribution in [-0.4, -0.2) is 47.1 Å². The highest BCUT2D eigenvalue weighted by Gasteiger charge is 2.22. The summed E-state index contributed by atoms with van der Waals surface area (Å²) in [5.41, 5.74) is 2.05. The zero-order valence-corrected chi connectivity index (χ0v) is 15.2. The molecule has 6 nitrogen and oxygen atoms in total. The van der Waals surface area contributed by atoms with Crippen LogP contribution in [-0.2, 0) is 0 Å². The van der Waals surface area contributed by atoms with Crippen molar-refractivity contribution in [1.29, 1.82) is 0 Å². The number of rotatable bonds is 3. The lowest BCUT2D eigenvalue weighted by Gasteiger charge is -2.35. The van der Waals surface area contributed by atoms with Gasteiger partial charge >= 0.3 is 6.03 Å². The van der Waals surface area contributed by atoms with Crippen LogP contribution < -0.4 is 10.2 Å². The fourth-order valence-corrected chi connectivity index (χ4v) is 2.96. The van der Waals surface area contributed by atoms with Crippen molar-refractivity contribution >= 4 is 29.1 Å². The Morgan fingerprint density at radius 1 is 1.20 bits per heavy atom. The first-order valence-corrected chi connectivity index (χ1v) is 8.80. The van der Waals surface area contributed by atoms with E-state index < -0.39 is 0 Å². The third-order valence-corrected chi connectivity index (χ3v) is 4.49. The molecule has 1 aliphatic heterocycles. The van der Waals surface area contributed by atoms with Gasteiger partial charge in [-0.25, -0.2) is 14.8 Å². The Morgan fingerprint density at radius 3 is 2.64 bits per heavy atom. The molecular weight excluding hydrogens is 338 g/mol. The molecule has 1 aliphatic rings. The molecule has 1 saturated heterocycles. The minimum atomic E-state index is -0.0683. The number of halogens is 1. The van der Waals surface area contributed by atoms with E-state index in [4.69, 9.17) is 11.6 Å². The minimum absolute atomic E-state index is 0.0683. The fourth-order valence-electron chi connectivity index (χ4n) is 2.82. The number of benzene rings is 1. The minimum Gasteiger partial charge on any atom is -0.353 e. The zero-order chi connectivity index (χ0) is 17.8. The van der Waals surface area contributed by atoms with Gasteiger partial charge in [0.25, 0.3) is 0 Å². The molecule has 3 rings (SSSR count). The van der Waals surface area contributed by atoms with Crippen molar-refractivity contribution in [2.75, 3.05) is 36.4 Å². The van der Waals surface area contributed by atoms with Gasteiger partial charge in [0.15, 0.2) is 0 Å². The summed E-state index contributed by atoms with van der Waals surface area (Å²) in [4.78, 5) is 24.5. The second kappa shape index (κ2) is 7.70. The molecule has 0 atom stereocenters. The standard InChI is InChI=1S/C18H22ClN5O/c1-13(2)14-4-3-5-15(12-14)21-18(25)24-10-8-23(9-11-24)16-6-7-20-17(19)22-16/h3-7,12-13H,8-11H2,1-2H3,(H,21,25). The molecular formula is C18H22ClN5O. The molecule has 1 fully saturated rings. The number of hydrogen-bond donors (Lipinski definition) is 1. The van der Waals surface area contributed by atoms with Gasteiger partial charge in [0.1, 0.15) is 5.82 Å². The predicted octanol–water partition coefficient (Wildman–Crippen LogP) is 3.61. The Bertz CT molecular complexity index is 744. The van der Waals surface area contributed by atoms with Gasteiger partial charge in [-0.15, -0.1) is 0 Å². The first-order chi connectivity index (χ1) is 12.0. The van der Waals surface area contributed by atoms with Gasteiger partial charge < -0.3 is 15.1 Å². The third kappa shape index (κ3) is 4.39. The molecule has 0 radical (unpaired) electrons. The van der Waals surface area contributed by atoms with Crippen molar-refractivity contribution in [2.45, 2.75) is 19.8 Å². The predicted molar refractivity (Wildman–Crippen MR) is 100 cm³/mol. The van der Waals surface area contributed by atoms with Gasteiger partial charge in [-0.3, -0.25) is 0 Å². The first-order valence-electron chi connectivity index (χ1n) is 8.42. The number of piperazine rings is 1. The number of urea groups is 1. The molecule has 1 aromatic carbocycles. The Hall–Kier alpha value is -2.34. The Labute approximate surface area is 152 Å². The van der Waals surface area contributed by atoms with Crippen LogP contribution in [0.2, 0.25) is 5.28 Å². The molecule has 0 aliphatic carbocycles. The average Bonchev–Trinajstić information content (AvgIpc) is 2.62. The SMILES string of the molecule is CC(C)c1cccc(NC(=O)N2CCN(c3ccnc(Cl)n3)CC2)c1. The Kier molecular flexibility index (Phi) is 5.38. The summed E-state index contributed by atoms with van der Waals surface area (Å²) in [5.74, 6) is 1.23. The maximum absolute atomic E-state index is 12.5. The van der Waals surface area contributed by atoms with E-state index >= 15 is 0 Å². The second-order valence-electron chi connectivity index (χ2n) is 6.37. The lowest BCUT2D eigenvalue weighted by atomic mass is 10.0. The molecule has 0 bridgehead atoms. The van der Waals surface area contributed by atoms with Gasteiger partial charge in [-0.1, -0.05) is 26.0 Å². The molecule has 2 heterocycles. The molecule has 0 saturated carbocycles. The smallest absolute Gasteiger partial charge is 0.321 e. The summed E-state index contributed by atoms with van der Waals surface area (Å²) in [6.45, 7) is 6.98. The molecule has 2 amide bonds. The largest absolute Gasteiger partial charge is 0.353 e. The van der Waals surface area contributed by atoms with E-state index in [1.165, 1.54) is 5.56 Å². The molecule has 7 heteroatoms. The van der Waals surface area contributed by atoms with E-state index in [0.717, 1.165) is 11.5 Å². The Morgan fingerprint density at radius 2 is 1.96 bits per heavy atom. The van der Waals surface area contributed by atoms with Crippen molar-refractivity contribution in [1.82, 2.24) is 14.9 Å². The third-order valence-electron chi connectivity index (χ3n) is 4.31. The maximum atomic E-state index is 12.5. The van der Waals surface area contributed by atoms with Gasteiger partial charge in [0, 0.05) is 38.1 Å². The molecule has 0 spiro atoms. The van der Waals surface area contributed by atoms with Crippen LogP contribution in [0.1, 0.15) is 25.3 Å². The second-order valence-corrected chi connectivity index (χ2v) is 6.71. The van der Waals surface area contributed by atoms with E-state index in [-0.39, 0.29) is 11.3 Å². The summed E-state index contributed by atoms with van der Waals surface area (Å²) in [6, 6.07) is 9.76. The van der Waals surface area contributed by atoms with Crippen LogP contribution in [0.25, 0.3) is 0 Å². The quantitative estimate of drug-likeness (QED) is 0.850. The van der Waals surface area contributed by atoms with Crippen LogP contribution in [0.3, 0.4) is 0 Å². The maximum Gasteiger partial charge on any atom is 0.321 e. The van der Waals surface area contributed by atoms with E-state index in [2.05, 4.69) is 40.1 Å². The fraction of sp³-hybridized carbons (Fsp3) is 0.389. The molecule has 1 N–H and O–H groups in total. The van der Waals surface area contributed by atoms with E-state index in [1.807, 2.05) is 29.2 Å². The Balaban J connectivity index is 1.57. The molecule has 2 aromatic rings. The molecule has 1 aromatic heterocycles. The van der Waals surface area contributed by atoms with Crippen LogP contribution in [0.5, 0.6) is 0 Å². The highest BCUT2D eigenvalue weighted by atomic mass is 35.5. The number of nitrogens with one attached hydrogen (secondary N) is 1. The van der Waals surface area contributed by atoms with Crippen LogP contribution in [0, 0.1) is 0 Å². The van der Waals surface area contributed by atoms with Crippen LogP contribution >= 0.6 is 11.6 Å². The summed E-state index contributed by atoms with van der Waals surface area (Å²) in [5, 5.41) is 3.23. The lowest BCUT2D eigenvalue weighted by molar-refractivity contribution is 0.208. The van der Waals surface area contributed by atoms with Crippen molar-refractivity contribution in [3.05, 3.63) is 47.4 Å². The number of aromatic nitrogens is 2.